The Kier molecular flexibility index (Phi) is 8.93. The molecule has 0 aromatic heterocycles. The molecule has 2 amide bonds. The van der Waals surface area contributed by atoms with Gasteiger partial charge in [-0.1, -0.05) is 60.1 Å². The summed E-state index contributed by atoms with van der Waals surface area (Å²) >= 11 is 6.05. The molecule has 3 aromatic carbocycles. The Morgan fingerprint density at radius 3 is 2.18 bits per heavy atom. The number of carbonyl (C=O) groups is 2. The highest BCUT2D eigenvalue weighted by atomic mass is 35.5. The van der Waals surface area contributed by atoms with E-state index in [4.69, 9.17) is 21.1 Å². The van der Waals surface area contributed by atoms with Gasteiger partial charge < -0.3 is 19.7 Å². The van der Waals surface area contributed by atoms with Gasteiger partial charge in [0.2, 0.25) is 11.8 Å². The highest BCUT2D eigenvalue weighted by Crippen LogP contribution is 2.29. The van der Waals surface area contributed by atoms with Crippen LogP contribution in [0, 0.1) is 0 Å². The van der Waals surface area contributed by atoms with Crippen molar-refractivity contribution in [3.8, 4) is 11.5 Å². The molecule has 7 heteroatoms. The number of rotatable bonds is 10. The van der Waals surface area contributed by atoms with Gasteiger partial charge in [0.1, 0.15) is 6.04 Å². The Morgan fingerprint density at radius 2 is 1.56 bits per heavy atom. The first-order valence-corrected chi connectivity index (χ1v) is 11.4. The lowest BCUT2D eigenvalue weighted by atomic mass is 10.0. The molecule has 178 valence electrons. The second-order valence-corrected chi connectivity index (χ2v) is 8.16. The van der Waals surface area contributed by atoms with E-state index in [0.29, 0.717) is 23.1 Å². The lowest BCUT2D eigenvalue weighted by Crippen LogP contribution is -2.44. The lowest BCUT2D eigenvalue weighted by molar-refractivity contribution is -0.141. The first-order chi connectivity index (χ1) is 16.5. The van der Waals surface area contributed by atoms with Crippen molar-refractivity contribution in [1.82, 2.24) is 10.2 Å². The molecule has 34 heavy (non-hydrogen) atoms. The zero-order valence-corrected chi connectivity index (χ0v) is 20.3. The number of halogens is 1. The van der Waals surface area contributed by atoms with Crippen LogP contribution in [-0.2, 0) is 22.6 Å². The fourth-order valence-electron chi connectivity index (χ4n) is 3.76. The number of ether oxygens (including phenoxy) is 2. The first kappa shape index (κ1) is 25.1. The molecule has 0 aliphatic carbocycles. The van der Waals surface area contributed by atoms with Crippen LogP contribution in [-0.4, -0.2) is 37.5 Å². The molecule has 0 aliphatic heterocycles. The monoisotopic (exact) mass is 480 g/mol. The molecular formula is C27H29ClN2O4. The van der Waals surface area contributed by atoms with Crippen molar-refractivity contribution in [3.63, 3.8) is 0 Å². The average Bonchev–Trinajstić information content (AvgIpc) is 2.85. The quantitative estimate of drug-likeness (QED) is 0.452. The number of hydrogen-bond donors (Lipinski definition) is 1. The van der Waals surface area contributed by atoms with E-state index in [1.54, 1.807) is 43.4 Å². The number of nitrogens with zero attached hydrogens (tertiary/aromatic N) is 1. The fraction of sp³-hybridized carbons (Fsp3) is 0.259. The third-order valence-electron chi connectivity index (χ3n) is 5.42. The number of likely N-dealkylation sites (N-methyl/N-ethyl adjacent to an activating group) is 1. The second kappa shape index (κ2) is 12.1. The number of methoxy groups -OCH3 is 2. The summed E-state index contributed by atoms with van der Waals surface area (Å²) in [5, 5.41) is 3.49. The van der Waals surface area contributed by atoms with Crippen LogP contribution in [0.1, 0.15) is 29.7 Å². The summed E-state index contributed by atoms with van der Waals surface area (Å²) in [5.74, 6) is 0.701. The van der Waals surface area contributed by atoms with Crippen molar-refractivity contribution in [2.45, 2.75) is 25.9 Å². The summed E-state index contributed by atoms with van der Waals surface area (Å²) in [4.78, 5) is 28.5. The largest absolute Gasteiger partial charge is 0.493 e. The van der Waals surface area contributed by atoms with Crippen molar-refractivity contribution in [2.24, 2.45) is 0 Å². The van der Waals surface area contributed by atoms with Gasteiger partial charge in [-0.2, -0.15) is 0 Å². The number of nitrogens with one attached hydrogen (secondary N) is 1. The van der Waals surface area contributed by atoms with Crippen LogP contribution in [0.3, 0.4) is 0 Å². The van der Waals surface area contributed by atoms with Crippen molar-refractivity contribution in [1.29, 1.82) is 0 Å². The molecule has 1 N–H and O–H groups in total. The molecule has 6 nitrogen and oxygen atoms in total. The van der Waals surface area contributed by atoms with Crippen LogP contribution < -0.4 is 14.8 Å². The van der Waals surface area contributed by atoms with Gasteiger partial charge in [-0.3, -0.25) is 9.59 Å². The highest BCUT2D eigenvalue weighted by molar-refractivity contribution is 6.30. The van der Waals surface area contributed by atoms with E-state index in [9.17, 15) is 9.59 Å². The molecule has 0 radical (unpaired) electrons. The van der Waals surface area contributed by atoms with Gasteiger partial charge in [-0.25, -0.2) is 0 Å². The van der Waals surface area contributed by atoms with Crippen LogP contribution in [0.25, 0.3) is 0 Å². The molecule has 0 bridgehead atoms. The van der Waals surface area contributed by atoms with Gasteiger partial charge in [0.25, 0.3) is 0 Å². The van der Waals surface area contributed by atoms with Gasteiger partial charge in [0.15, 0.2) is 11.5 Å². The molecule has 0 saturated heterocycles. The Bertz CT molecular complexity index is 1100. The zero-order valence-electron chi connectivity index (χ0n) is 19.6. The summed E-state index contributed by atoms with van der Waals surface area (Å²) < 4.78 is 10.7. The minimum absolute atomic E-state index is 0.0939. The lowest BCUT2D eigenvalue weighted by Gasteiger charge is -2.31. The van der Waals surface area contributed by atoms with Crippen molar-refractivity contribution >= 4 is 23.4 Å². The third kappa shape index (κ3) is 6.29. The van der Waals surface area contributed by atoms with Crippen LogP contribution in [0.15, 0.2) is 72.8 Å². The summed E-state index contributed by atoms with van der Waals surface area (Å²) in [7, 11) is 3.12. The average molecular weight is 481 g/mol. The van der Waals surface area contributed by atoms with E-state index in [1.807, 2.05) is 55.5 Å². The van der Waals surface area contributed by atoms with Crippen molar-refractivity contribution < 1.29 is 19.1 Å². The fourth-order valence-corrected chi connectivity index (χ4v) is 3.88. The van der Waals surface area contributed by atoms with Crippen molar-refractivity contribution in [2.75, 3.05) is 20.8 Å². The number of benzene rings is 3. The molecular weight excluding hydrogens is 452 g/mol. The summed E-state index contributed by atoms with van der Waals surface area (Å²) in [5.41, 5.74) is 2.37. The number of amides is 2. The first-order valence-electron chi connectivity index (χ1n) is 11.0. The maximum Gasteiger partial charge on any atom is 0.247 e. The minimum Gasteiger partial charge on any atom is -0.493 e. The second-order valence-electron chi connectivity index (χ2n) is 7.72. The van der Waals surface area contributed by atoms with E-state index in [1.165, 1.54) is 0 Å². The van der Waals surface area contributed by atoms with Gasteiger partial charge in [-0.15, -0.1) is 0 Å². The Labute approximate surface area is 205 Å². The highest BCUT2D eigenvalue weighted by Gasteiger charge is 2.31. The molecule has 0 aliphatic rings. The molecule has 3 rings (SSSR count). The molecule has 3 aromatic rings. The predicted molar refractivity (Wildman–Crippen MR) is 133 cm³/mol. The van der Waals surface area contributed by atoms with Crippen LogP contribution >= 0.6 is 11.6 Å². The van der Waals surface area contributed by atoms with E-state index in [2.05, 4.69) is 5.32 Å². The third-order valence-corrected chi connectivity index (χ3v) is 5.67. The van der Waals surface area contributed by atoms with Gasteiger partial charge in [0.05, 0.1) is 20.6 Å². The number of carbonyl (C=O) groups excluding carboxylic acids is 2. The molecule has 0 fully saturated rings. The number of hydrogen-bond acceptors (Lipinski definition) is 4. The normalized spacial score (nSPS) is 11.4. The van der Waals surface area contributed by atoms with Gasteiger partial charge in [-0.05, 0) is 47.9 Å². The molecule has 0 heterocycles. The Balaban J connectivity index is 2.00. The summed E-state index contributed by atoms with van der Waals surface area (Å²) in [6, 6.07) is 21.2. The smallest absolute Gasteiger partial charge is 0.247 e. The maximum absolute atomic E-state index is 13.7. The Morgan fingerprint density at radius 1 is 0.912 bits per heavy atom. The van der Waals surface area contributed by atoms with Gasteiger partial charge in [0, 0.05) is 18.1 Å². The van der Waals surface area contributed by atoms with E-state index in [0.717, 1.165) is 16.7 Å². The van der Waals surface area contributed by atoms with Crippen LogP contribution in [0.5, 0.6) is 11.5 Å². The molecule has 1 atom stereocenters. The van der Waals surface area contributed by atoms with E-state index >= 15 is 0 Å². The Hall–Kier alpha value is -3.51. The van der Waals surface area contributed by atoms with Crippen LogP contribution in [0.2, 0.25) is 5.02 Å². The van der Waals surface area contributed by atoms with E-state index < -0.39 is 6.04 Å². The van der Waals surface area contributed by atoms with E-state index in [-0.39, 0.29) is 24.8 Å². The minimum atomic E-state index is -0.788. The van der Waals surface area contributed by atoms with Crippen LogP contribution in [0.4, 0.5) is 0 Å². The van der Waals surface area contributed by atoms with Crippen molar-refractivity contribution in [3.05, 3.63) is 94.5 Å². The molecule has 0 unspecified atom stereocenters. The zero-order chi connectivity index (χ0) is 24.5. The maximum atomic E-state index is 13.7. The SMILES string of the molecule is CCNC(=O)[C@H](c1ccccc1)N(Cc1ccc(Cl)cc1)C(=O)Cc1ccc(OC)c(OC)c1. The predicted octanol–water partition coefficient (Wildman–Crippen LogP) is 4.81. The topological polar surface area (TPSA) is 67.9 Å². The summed E-state index contributed by atoms with van der Waals surface area (Å²) in [6.07, 6.45) is 0.0939. The standard InChI is InChI=1S/C27H29ClN2O4/c1-4-29-27(32)26(21-8-6-5-7-9-21)30(18-19-10-13-22(28)14-11-19)25(31)17-20-12-15-23(33-2)24(16-20)34-3/h5-16,26H,4,17-18H2,1-3H3,(H,29,32)/t26-/m0/s1. The summed E-state index contributed by atoms with van der Waals surface area (Å²) in [6.45, 7) is 2.57. The molecule has 0 spiro atoms. The van der Waals surface area contributed by atoms with Gasteiger partial charge >= 0.3 is 0 Å². The molecule has 0 saturated carbocycles.